The van der Waals surface area contributed by atoms with E-state index in [4.69, 9.17) is 4.74 Å². The smallest absolute Gasteiger partial charge is 0.124 e. The van der Waals surface area contributed by atoms with Crippen LogP contribution in [0, 0.1) is 0 Å². The molecule has 0 atom stereocenters. The van der Waals surface area contributed by atoms with Crippen molar-refractivity contribution in [1.82, 2.24) is 19.9 Å². The van der Waals surface area contributed by atoms with Crippen LogP contribution in [0.25, 0.3) is 11.0 Å². The molecule has 0 aliphatic heterocycles. The standard InChI is InChI=1S/C13H18N4O/c1-18-7-6-15-9-13-16-11-8-14-5-4-12(11)17(13)10-2-3-10/h4-5,8,10,15H,2-3,6-7,9H2,1H3. The molecule has 0 amide bonds. The van der Waals surface area contributed by atoms with Crippen molar-refractivity contribution in [2.45, 2.75) is 25.4 Å². The molecule has 2 aromatic rings. The fourth-order valence-corrected chi connectivity index (χ4v) is 2.24. The summed E-state index contributed by atoms with van der Waals surface area (Å²) in [5.41, 5.74) is 2.20. The molecule has 0 saturated heterocycles. The van der Waals surface area contributed by atoms with Crippen molar-refractivity contribution in [2.24, 2.45) is 0 Å². The second-order valence-electron chi connectivity index (χ2n) is 4.66. The Kier molecular flexibility index (Phi) is 3.25. The Labute approximate surface area is 106 Å². The summed E-state index contributed by atoms with van der Waals surface area (Å²) in [7, 11) is 1.72. The van der Waals surface area contributed by atoms with Crippen LogP contribution in [0.1, 0.15) is 24.7 Å². The van der Waals surface area contributed by atoms with E-state index in [1.165, 1.54) is 18.4 Å². The van der Waals surface area contributed by atoms with Crippen LogP contribution in [0.4, 0.5) is 0 Å². The summed E-state index contributed by atoms with van der Waals surface area (Å²) in [5, 5.41) is 3.36. The first-order valence-electron chi connectivity index (χ1n) is 6.40. The molecule has 5 heteroatoms. The van der Waals surface area contributed by atoms with E-state index < -0.39 is 0 Å². The van der Waals surface area contributed by atoms with Crippen LogP contribution in [0.15, 0.2) is 18.5 Å². The van der Waals surface area contributed by atoms with E-state index in [0.717, 1.165) is 31.0 Å². The third-order valence-corrected chi connectivity index (χ3v) is 3.24. The fraction of sp³-hybridized carbons (Fsp3) is 0.538. The highest BCUT2D eigenvalue weighted by Crippen LogP contribution is 2.38. The van der Waals surface area contributed by atoms with Gasteiger partial charge >= 0.3 is 0 Å². The Bertz CT molecular complexity index is 533. The average molecular weight is 246 g/mol. The van der Waals surface area contributed by atoms with Crippen LogP contribution in [-0.2, 0) is 11.3 Å². The van der Waals surface area contributed by atoms with Crippen LogP contribution in [0.5, 0.6) is 0 Å². The van der Waals surface area contributed by atoms with Crippen molar-refractivity contribution in [1.29, 1.82) is 0 Å². The minimum atomic E-state index is 0.636. The van der Waals surface area contributed by atoms with Crippen LogP contribution in [0.3, 0.4) is 0 Å². The zero-order valence-corrected chi connectivity index (χ0v) is 10.6. The molecule has 5 nitrogen and oxygen atoms in total. The highest BCUT2D eigenvalue weighted by Gasteiger charge is 2.27. The Morgan fingerprint density at radius 1 is 1.50 bits per heavy atom. The van der Waals surface area contributed by atoms with Crippen molar-refractivity contribution in [2.75, 3.05) is 20.3 Å². The molecule has 1 fully saturated rings. The topological polar surface area (TPSA) is 52.0 Å². The van der Waals surface area contributed by atoms with E-state index in [-0.39, 0.29) is 0 Å². The summed E-state index contributed by atoms with van der Waals surface area (Å²) in [4.78, 5) is 8.81. The summed E-state index contributed by atoms with van der Waals surface area (Å²) < 4.78 is 7.39. The molecule has 0 aromatic carbocycles. The molecule has 1 N–H and O–H groups in total. The number of pyridine rings is 1. The zero-order chi connectivity index (χ0) is 12.4. The van der Waals surface area contributed by atoms with Crippen molar-refractivity contribution >= 4 is 11.0 Å². The van der Waals surface area contributed by atoms with Crippen molar-refractivity contribution in [3.63, 3.8) is 0 Å². The quantitative estimate of drug-likeness (QED) is 0.785. The Morgan fingerprint density at radius 3 is 3.17 bits per heavy atom. The minimum Gasteiger partial charge on any atom is -0.383 e. The van der Waals surface area contributed by atoms with E-state index >= 15 is 0 Å². The lowest BCUT2D eigenvalue weighted by Gasteiger charge is -2.08. The molecule has 2 heterocycles. The van der Waals surface area contributed by atoms with Gasteiger partial charge in [0.25, 0.3) is 0 Å². The average Bonchev–Trinajstić information content (AvgIpc) is 3.16. The molecule has 18 heavy (non-hydrogen) atoms. The number of aromatic nitrogens is 3. The van der Waals surface area contributed by atoms with E-state index in [1.54, 1.807) is 7.11 Å². The molecule has 0 bridgehead atoms. The highest BCUT2D eigenvalue weighted by molar-refractivity contribution is 5.75. The van der Waals surface area contributed by atoms with E-state index in [0.29, 0.717) is 6.04 Å². The summed E-state index contributed by atoms with van der Waals surface area (Å²) in [6.45, 7) is 2.36. The largest absolute Gasteiger partial charge is 0.383 e. The van der Waals surface area contributed by atoms with Gasteiger partial charge in [-0.1, -0.05) is 0 Å². The number of fused-ring (bicyclic) bond motifs is 1. The first-order valence-corrected chi connectivity index (χ1v) is 6.40. The summed E-state index contributed by atoms with van der Waals surface area (Å²) in [5.74, 6) is 1.11. The number of imidazole rings is 1. The second kappa shape index (κ2) is 5.04. The second-order valence-corrected chi connectivity index (χ2v) is 4.66. The lowest BCUT2D eigenvalue weighted by molar-refractivity contribution is 0.199. The Hall–Kier alpha value is -1.46. The minimum absolute atomic E-state index is 0.636. The van der Waals surface area contributed by atoms with Gasteiger partial charge in [0.1, 0.15) is 11.3 Å². The van der Waals surface area contributed by atoms with Crippen molar-refractivity contribution in [3.8, 4) is 0 Å². The molecular formula is C13H18N4O. The number of nitrogens with one attached hydrogen (secondary N) is 1. The molecule has 3 rings (SSSR count). The Balaban J connectivity index is 1.83. The SMILES string of the molecule is COCCNCc1nc2cnccc2n1C1CC1. The maximum atomic E-state index is 5.03. The van der Waals surface area contributed by atoms with Crippen LogP contribution in [-0.4, -0.2) is 34.8 Å². The van der Waals surface area contributed by atoms with Gasteiger partial charge in [-0.25, -0.2) is 4.98 Å². The van der Waals surface area contributed by atoms with Gasteiger partial charge in [-0.05, 0) is 18.9 Å². The van der Waals surface area contributed by atoms with Crippen LogP contribution < -0.4 is 5.32 Å². The lowest BCUT2D eigenvalue weighted by atomic mass is 10.4. The Morgan fingerprint density at radius 2 is 2.39 bits per heavy atom. The number of hydrogen-bond donors (Lipinski definition) is 1. The maximum Gasteiger partial charge on any atom is 0.124 e. The number of ether oxygens (including phenoxy) is 1. The van der Waals surface area contributed by atoms with Gasteiger partial charge in [-0.2, -0.15) is 0 Å². The van der Waals surface area contributed by atoms with Gasteiger partial charge in [0.2, 0.25) is 0 Å². The van der Waals surface area contributed by atoms with Gasteiger partial charge in [-0.15, -0.1) is 0 Å². The van der Waals surface area contributed by atoms with E-state index in [2.05, 4.69) is 25.9 Å². The molecule has 1 aliphatic carbocycles. The van der Waals surface area contributed by atoms with Gasteiger partial charge < -0.3 is 14.6 Å². The van der Waals surface area contributed by atoms with Gasteiger partial charge in [0, 0.05) is 25.9 Å². The lowest BCUT2D eigenvalue weighted by Crippen LogP contribution is -2.21. The van der Waals surface area contributed by atoms with E-state index in [1.807, 2.05) is 12.4 Å². The van der Waals surface area contributed by atoms with Crippen LogP contribution in [0.2, 0.25) is 0 Å². The molecule has 0 radical (unpaired) electrons. The predicted octanol–water partition coefficient (Wildman–Crippen LogP) is 1.50. The number of hydrogen-bond acceptors (Lipinski definition) is 4. The summed E-state index contributed by atoms with van der Waals surface area (Å²) >= 11 is 0. The highest BCUT2D eigenvalue weighted by atomic mass is 16.5. The van der Waals surface area contributed by atoms with Crippen molar-refractivity contribution < 1.29 is 4.74 Å². The third kappa shape index (κ3) is 2.23. The number of methoxy groups -OCH3 is 1. The normalized spacial score (nSPS) is 15.4. The maximum absolute atomic E-state index is 5.03. The van der Waals surface area contributed by atoms with Gasteiger partial charge in [0.15, 0.2) is 0 Å². The molecule has 1 saturated carbocycles. The van der Waals surface area contributed by atoms with Crippen molar-refractivity contribution in [3.05, 3.63) is 24.3 Å². The monoisotopic (exact) mass is 246 g/mol. The van der Waals surface area contributed by atoms with E-state index in [9.17, 15) is 0 Å². The molecule has 0 unspecified atom stereocenters. The molecule has 96 valence electrons. The fourth-order valence-electron chi connectivity index (χ4n) is 2.24. The first-order chi connectivity index (χ1) is 8.90. The van der Waals surface area contributed by atoms with Crippen LogP contribution >= 0.6 is 0 Å². The summed E-state index contributed by atoms with van der Waals surface area (Å²) in [6, 6.07) is 2.69. The van der Waals surface area contributed by atoms with Gasteiger partial charge in [0.05, 0.1) is 24.9 Å². The molecule has 0 spiro atoms. The first kappa shape index (κ1) is 11.6. The predicted molar refractivity (Wildman–Crippen MR) is 69.4 cm³/mol. The molecule has 1 aliphatic rings. The van der Waals surface area contributed by atoms with Gasteiger partial charge in [-0.3, -0.25) is 4.98 Å². The third-order valence-electron chi connectivity index (χ3n) is 3.24. The summed E-state index contributed by atoms with van der Waals surface area (Å²) in [6.07, 6.45) is 6.20. The molecule has 2 aromatic heterocycles. The zero-order valence-electron chi connectivity index (χ0n) is 10.6. The molecular weight excluding hydrogens is 228 g/mol. The number of nitrogens with zero attached hydrogens (tertiary/aromatic N) is 3. The number of rotatable bonds is 6.